The van der Waals surface area contributed by atoms with Crippen molar-refractivity contribution >= 4 is 0 Å². The van der Waals surface area contributed by atoms with Crippen LogP contribution in [0.25, 0.3) is 0 Å². The standard InChI is InChI=1S/C12H22N4O/c1-8(2)4-11-14-12(17-15-11)7-16-5-9(3)10(13)6-16/h8-10H,4-7,13H2,1-3H3. The molecule has 1 aromatic heterocycles. The number of nitrogens with two attached hydrogens (primary N) is 1. The molecule has 2 atom stereocenters. The Bertz CT molecular complexity index is 353. The molecule has 0 spiro atoms. The van der Waals surface area contributed by atoms with Gasteiger partial charge in [-0.25, -0.2) is 0 Å². The summed E-state index contributed by atoms with van der Waals surface area (Å²) >= 11 is 0. The summed E-state index contributed by atoms with van der Waals surface area (Å²) < 4.78 is 5.25. The van der Waals surface area contributed by atoms with Crippen LogP contribution in [0.4, 0.5) is 0 Å². The average molecular weight is 238 g/mol. The van der Waals surface area contributed by atoms with Crippen LogP contribution in [0.2, 0.25) is 0 Å². The van der Waals surface area contributed by atoms with Crippen LogP contribution in [0.15, 0.2) is 4.52 Å². The fourth-order valence-electron chi connectivity index (χ4n) is 2.22. The number of hydrogen-bond acceptors (Lipinski definition) is 5. The Balaban J connectivity index is 1.89. The molecule has 2 rings (SSSR count). The Morgan fingerprint density at radius 3 is 2.82 bits per heavy atom. The molecule has 1 fully saturated rings. The number of likely N-dealkylation sites (tertiary alicyclic amines) is 1. The average Bonchev–Trinajstić information content (AvgIpc) is 2.75. The Hall–Kier alpha value is -0.940. The molecule has 1 saturated heterocycles. The van der Waals surface area contributed by atoms with E-state index in [-0.39, 0.29) is 6.04 Å². The quantitative estimate of drug-likeness (QED) is 0.849. The van der Waals surface area contributed by atoms with Crippen molar-refractivity contribution in [1.29, 1.82) is 0 Å². The first kappa shape index (κ1) is 12.5. The van der Waals surface area contributed by atoms with E-state index in [2.05, 4.69) is 35.8 Å². The van der Waals surface area contributed by atoms with Crippen molar-refractivity contribution in [2.45, 2.75) is 39.8 Å². The van der Waals surface area contributed by atoms with E-state index >= 15 is 0 Å². The third kappa shape index (κ3) is 3.26. The summed E-state index contributed by atoms with van der Waals surface area (Å²) in [6, 6.07) is 0.271. The van der Waals surface area contributed by atoms with Crippen LogP contribution in [-0.2, 0) is 13.0 Å². The molecule has 96 valence electrons. The molecule has 0 aliphatic carbocycles. The van der Waals surface area contributed by atoms with Gasteiger partial charge in [-0.1, -0.05) is 25.9 Å². The molecular weight excluding hydrogens is 216 g/mol. The predicted octanol–water partition coefficient (Wildman–Crippen LogP) is 1.05. The van der Waals surface area contributed by atoms with Gasteiger partial charge in [0.1, 0.15) is 0 Å². The zero-order chi connectivity index (χ0) is 12.4. The second-order valence-corrected chi connectivity index (χ2v) is 5.54. The van der Waals surface area contributed by atoms with Gasteiger partial charge in [-0.05, 0) is 11.8 Å². The van der Waals surface area contributed by atoms with Gasteiger partial charge in [0, 0.05) is 25.6 Å². The van der Waals surface area contributed by atoms with Gasteiger partial charge in [-0.3, -0.25) is 4.90 Å². The Morgan fingerprint density at radius 2 is 2.24 bits per heavy atom. The minimum Gasteiger partial charge on any atom is -0.338 e. The predicted molar refractivity (Wildman–Crippen MR) is 65.3 cm³/mol. The van der Waals surface area contributed by atoms with Crippen LogP contribution in [0.3, 0.4) is 0 Å². The summed E-state index contributed by atoms with van der Waals surface area (Å²) in [5.41, 5.74) is 5.99. The molecule has 0 bridgehead atoms. The first-order chi connectivity index (χ1) is 8.04. The van der Waals surface area contributed by atoms with Gasteiger partial charge in [0.25, 0.3) is 0 Å². The molecule has 2 N–H and O–H groups in total. The molecule has 5 nitrogen and oxygen atoms in total. The molecule has 0 aromatic carbocycles. The summed E-state index contributed by atoms with van der Waals surface area (Å²) in [4.78, 5) is 6.68. The van der Waals surface area contributed by atoms with E-state index in [4.69, 9.17) is 10.3 Å². The minimum absolute atomic E-state index is 0.271. The maximum absolute atomic E-state index is 5.99. The summed E-state index contributed by atoms with van der Waals surface area (Å²) in [6.45, 7) is 9.15. The molecule has 17 heavy (non-hydrogen) atoms. The SMILES string of the molecule is CC(C)Cc1noc(CN2CC(C)C(N)C2)n1. The molecule has 2 unspecified atom stereocenters. The van der Waals surface area contributed by atoms with Crippen LogP contribution in [0.5, 0.6) is 0 Å². The largest absolute Gasteiger partial charge is 0.338 e. The van der Waals surface area contributed by atoms with E-state index in [9.17, 15) is 0 Å². The van der Waals surface area contributed by atoms with Crippen LogP contribution < -0.4 is 5.73 Å². The minimum atomic E-state index is 0.271. The van der Waals surface area contributed by atoms with Crippen LogP contribution >= 0.6 is 0 Å². The fourth-order valence-corrected chi connectivity index (χ4v) is 2.22. The van der Waals surface area contributed by atoms with E-state index in [0.717, 1.165) is 31.9 Å². The van der Waals surface area contributed by atoms with E-state index in [1.54, 1.807) is 0 Å². The van der Waals surface area contributed by atoms with E-state index in [1.807, 2.05) is 0 Å². The van der Waals surface area contributed by atoms with E-state index in [1.165, 1.54) is 0 Å². The maximum Gasteiger partial charge on any atom is 0.240 e. The van der Waals surface area contributed by atoms with Crippen molar-refractivity contribution < 1.29 is 4.52 Å². The molecule has 1 aromatic rings. The highest BCUT2D eigenvalue weighted by Gasteiger charge is 2.27. The van der Waals surface area contributed by atoms with Crippen molar-refractivity contribution in [2.24, 2.45) is 17.6 Å². The molecule has 1 aliphatic rings. The van der Waals surface area contributed by atoms with Gasteiger partial charge in [0.2, 0.25) is 5.89 Å². The zero-order valence-electron chi connectivity index (χ0n) is 10.9. The van der Waals surface area contributed by atoms with Crippen molar-refractivity contribution in [2.75, 3.05) is 13.1 Å². The molecule has 5 heteroatoms. The smallest absolute Gasteiger partial charge is 0.240 e. The number of hydrogen-bond donors (Lipinski definition) is 1. The summed E-state index contributed by atoms with van der Waals surface area (Å²) in [6.07, 6.45) is 0.874. The molecule has 2 heterocycles. The number of aromatic nitrogens is 2. The molecule has 1 aliphatic heterocycles. The summed E-state index contributed by atoms with van der Waals surface area (Å²) in [5.74, 6) is 2.63. The first-order valence-electron chi connectivity index (χ1n) is 6.34. The fraction of sp³-hybridized carbons (Fsp3) is 0.833. The van der Waals surface area contributed by atoms with Gasteiger partial charge in [0.05, 0.1) is 6.54 Å². The summed E-state index contributed by atoms with van der Waals surface area (Å²) in [5, 5.41) is 3.99. The molecule has 0 saturated carbocycles. The normalized spacial score (nSPS) is 25.9. The lowest BCUT2D eigenvalue weighted by atomic mass is 10.1. The lowest BCUT2D eigenvalue weighted by molar-refractivity contribution is 0.260. The van der Waals surface area contributed by atoms with Gasteiger partial charge < -0.3 is 10.3 Å². The molecule has 0 amide bonds. The molecule has 0 radical (unpaired) electrons. The maximum atomic E-state index is 5.99. The van der Waals surface area contributed by atoms with Crippen LogP contribution in [0.1, 0.15) is 32.5 Å². The van der Waals surface area contributed by atoms with Crippen molar-refractivity contribution in [1.82, 2.24) is 15.0 Å². The van der Waals surface area contributed by atoms with Crippen LogP contribution in [0, 0.1) is 11.8 Å². The Morgan fingerprint density at radius 1 is 1.47 bits per heavy atom. The molecular formula is C12H22N4O. The summed E-state index contributed by atoms with van der Waals surface area (Å²) in [7, 11) is 0. The Kier molecular flexibility index (Phi) is 3.79. The van der Waals surface area contributed by atoms with Crippen molar-refractivity contribution in [3.63, 3.8) is 0 Å². The van der Waals surface area contributed by atoms with Crippen molar-refractivity contribution in [3.8, 4) is 0 Å². The van der Waals surface area contributed by atoms with E-state index in [0.29, 0.717) is 17.7 Å². The number of rotatable bonds is 4. The topological polar surface area (TPSA) is 68.2 Å². The highest BCUT2D eigenvalue weighted by atomic mass is 16.5. The third-order valence-corrected chi connectivity index (χ3v) is 3.21. The van der Waals surface area contributed by atoms with Crippen molar-refractivity contribution in [3.05, 3.63) is 11.7 Å². The second kappa shape index (κ2) is 5.14. The van der Waals surface area contributed by atoms with Gasteiger partial charge in [-0.15, -0.1) is 0 Å². The monoisotopic (exact) mass is 238 g/mol. The highest BCUT2D eigenvalue weighted by Crippen LogP contribution is 2.16. The Labute approximate surface area is 102 Å². The number of nitrogens with zero attached hydrogens (tertiary/aromatic N) is 3. The van der Waals surface area contributed by atoms with Crippen LogP contribution in [-0.4, -0.2) is 34.2 Å². The zero-order valence-corrected chi connectivity index (χ0v) is 10.9. The van der Waals surface area contributed by atoms with Gasteiger partial charge >= 0.3 is 0 Å². The highest BCUT2D eigenvalue weighted by molar-refractivity contribution is 4.91. The van der Waals surface area contributed by atoms with Gasteiger partial charge in [-0.2, -0.15) is 4.98 Å². The lowest BCUT2D eigenvalue weighted by Crippen LogP contribution is -2.28. The third-order valence-electron chi connectivity index (χ3n) is 3.21. The first-order valence-corrected chi connectivity index (χ1v) is 6.34. The lowest BCUT2D eigenvalue weighted by Gasteiger charge is -2.11. The van der Waals surface area contributed by atoms with E-state index < -0.39 is 0 Å². The van der Waals surface area contributed by atoms with Gasteiger partial charge in [0.15, 0.2) is 5.82 Å². The second-order valence-electron chi connectivity index (χ2n) is 5.54.